The normalized spacial score (nSPS) is 13.1. The van der Waals surface area contributed by atoms with E-state index in [0.717, 1.165) is 0 Å². The third-order valence-corrected chi connectivity index (χ3v) is 2.08. The van der Waals surface area contributed by atoms with Crippen molar-refractivity contribution < 1.29 is 8.94 Å². The predicted octanol–water partition coefficient (Wildman–Crippen LogP) is 1.56. The number of rotatable bonds is 1. The van der Waals surface area contributed by atoms with Gasteiger partial charge in [-0.2, -0.15) is 0 Å². The van der Waals surface area contributed by atoms with Gasteiger partial charge in [0.2, 0.25) is 0 Å². The SMILES string of the molecule is C[S@@+]([O-])c1ccc(F)cc1. The van der Waals surface area contributed by atoms with Crippen LogP contribution in [0, 0.1) is 5.82 Å². The van der Waals surface area contributed by atoms with Crippen LogP contribution < -0.4 is 0 Å². The minimum Gasteiger partial charge on any atom is -0.612 e. The van der Waals surface area contributed by atoms with Gasteiger partial charge in [0.15, 0.2) is 4.90 Å². The molecule has 0 aliphatic heterocycles. The van der Waals surface area contributed by atoms with Crippen molar-refractivity contribution in [3.05, 3.63) is 30.1 Å². The van der Waals surface area contributed by atoms with Gasteiger partial charge in [-0.1, -0.05) is 0 Å². The molecule has 0 bridgehead atoms. The van der Waals surface area contributed by atoms with Gasteiger partial charge < -0.3 is 4.55 Å². The van der Waals surface area contributed by atoms with Gasteiger partial charge in [-0.05, 0) is 35.4 Å². The lowest BCUT2D eigenvalue weighted by Gasteiger charge is -2.01. The van der Waals surface area contributed by atoms with E-state index in [9.17, 15) is 8.94 Å². The summed E-state index contributed by atoms with van der Waals surface area (Å²) in [5.74, 6) is -0.297. The molecule has 0 aliphatic rings. The topological polar surface area (TPSA) is 23.1 Å². The predicted molar refractivity (Wildman–Crippen MR) is 38.7 cm³/mol. The summed E-state index contributed by atoms with van der Waals surface area (Å²) < 4.78 is 23.0. The summed E-state index contributed by atoms with van der Waals surface area (Å²) in [7, 11) is 0. The molecule has 0 aliphatic carbocycles. The molecule has 0 saturated heterocycles. The maximum Gasteiger partial charge on any atom is 0.152 e. The third-order valence-electron chi connectivity index (χ3n) is 1.15. The van der Waals surface area contributed by atoms with Crippen molar-refractivity contribution in [3.63, 3.8) is 0 Å². The van der Waals surface area contributed by atoms with E-state index in [0.29, 0.717) is 4.90 Å². The number of hydrogen-bond acceptors (Lipinski definition) is 1. The Morgan fingerprint density at radius 3 is 2.20 bits per heavy atom. The molecule has 0 aromatic heterocycles. The van der Waals surface area contributed by atoms with Crippen LogP contribution >= 0.6 is 0 Å². The number of benzene rings is 1. The Labute approximate surface area is 62.1 Å². The van der Waals surface area contributed by atoms with Crippen molar-refractivity contribution in [2.45, 2.75) is 4.90 Å². The van der Waals surface area contributed by atoms with Gasteiger partial charge in [0, 0.05) is 0 Å². The molecule has 0 radical (unpaired) electrons. The summed E-state index contributed by atoms with van der Waals surface area (Å²) in [5.41, 5.74) is 0. The molecule has 0 N–H and O–H groups in total. The van der Waals surface area contributed by atoms with Crippen LogP contribution in [0.4, 0.5) is 4.39 Å². The first-order valence-electron chi connectivity index (χ1n) is 2.79. The number of hydrogen-bond donors (Lipinski definition) is 0. The Balaban J connectivity index is 2.89. The Morgan fingerprint density at radius 2 is 1.80 bits per heavy atom. The molecule has 1 atom stereocenters. The van der Waals surface area contributed by atoms with Crippen molar-refractivity contribution >= 4 is 11.2 Å². The Bertz CT molecular complexity index is 207. The molecule has 0 amide bonds. The van der Waals surface area contributed by atoms with Gasteiger partial charge in [-0.3, -0.25) is 0 Å². The van der Waals surface area contributed by atoms with Crippen molar-refractivity contribution in [3.8, 4) is 0 Å². The average molecular weight is 158 g/mol. The van der Waals surface area contributed by atoms with Gasteiger partial charge in [-0.15, -0.1) is 0 Å². The van der Waals surface area contributed by atoms with Crippen molar-refractivity contribution in [1.82, 2.24) is 0 Å². The first kappa shape index (κ1) is 7.57. The Hall–Kier alpha value is -0.540. The first-order chi connectivity index (χ1) is 4.70. The van der Waals surface area contributed by atoms with Crippen molar-refractivity contribution in [2.75, 3.05) is 6.26 Å². The fraction of sp³-hybridized carbons (Fsp3) is 0.143. The Morgan fingerprint density at radius 1 is 1.30 bits per heavy atom. The van der Waals surface area contributed by atoms with Gasteiger partial charge in [0.1, 0.15) is 12.1 Å². The summed E-state index contributed by atoms with van der Waals surface area (Å²) in [6.45, 7) is 0. The minimum atomic E-state index is -1.00. The minimum absolute atomic E-state index is 0.297. The van der Waals surface area contributed by atoms with Gasteiger partial charge in [0.05, 0.1) is 0 Å². The molecule has 0 heterocycles. The van der Waals surface area contributed by atoms with E-state index < -0.39 is 11.2 Å². The molecule has 1 nitrogen and oxygen atoms in total. The highest BCUT2D eigenvalue weighted by Crippen LogP contribution is 2.08. The maximum atomic E-state index is 12.3. The zero-order valence-corrected chi connectivity index (χ0v) is 6.32. The molecule has 0 fully saturated rings. The molecule has 0 unspecified atom stereocenters. The van der Waals surface area contributed by atoms with Crippen LogP contribution in [-0.4, -0.2) is 10.8 Å². The summed E-state index contributed by atoms with van der Waals surface area (Å²) in [4.78, 5) is 0.654. The lowest BCUT2D eigenvalue weighted by atomic mass is 10.4. The monoisotopic (exact) mass is 158 g/mol. The van der Waals surface area contributed by atoms with E-state index in [2.05, 4.69) is 0 Å². The van der Waals surface area contributed by atoms with Gasteiger partial charge in [0.25, 0.3) is 0 Å². The highest BCUT2D eigenvalue weighted by molar-refractivity contribution is 7.90. The largest absolute Gasteiger partial charge is 0.612 e. The van der Waals surface area contributed by atoms with Crippen LogP contribution in [0.1, 0.15) is 0 Å². The fourth-order valence-corrected chi connectivity index (χ4v) is 1.15. The van der Waals surface area contributed by atoms with Crippen LogP contribution in [0.2, 0.25) is 0 Å². The zero-order chi connectivity index (χ0) is 7.56. The van der Waals surface area contributed by atoms with Crippen LogP contribution in [0.5, 0.6) is 0 Å². The second kappa shape index (κ2) is 3.03. The summed E-state index contributed by atoms with van der Waals surface area (Å²) in [5, 5.41) is 0. The van der Waals surface area contributed by atoms with E-state index in [4.69, 9.17) is 0 Å². The molecule has 10 heavy (non-hydrogen) atoms. The standard InChI is InChI=1S/C7H7FOS/c1-10(9)7-4-2-6(8)3-5-7/h2-5H,1H3/t10-/m1/s1. The molecule has 54 valence electrons. The maximum absolute atomic E-state index is 12.3. The van der Waals surface area contributed by atoms with Gasteiger partial charge in [-0.25, -0.2) is 4.39 Å². The van der Waals surface area contributed by atoms with Crippen molar-refractivity contribution in [1.29, 1.82) is 0 Å². The smallest absolute Gasteiger partial charge is 0.152 e. The first-order valence-corrected chi connectivity index (χ1v) is 4.35. The molecule has 1 aromatic rings. The molecule has 0 spiro atoms. The summed E-state index contributed by atoms with van der Waals surface area (Å²) in [6, 6.07) is 5.64. The molecular formula is C7H7FOS. The molecule has 1 rings (SSSR count). The number of halogens is 1. The van der Waals surface area contributed by atoms with E-state index in [1.54, 1.807) is 6.26 Å². The van der Waals surface area contributed by atoms with Crippen molar-refractivity contribution in [2.24, 2.45) is 0 Å². The quantitative estimate of drug-likeness (QED) is 0.569. The second-order valence-corrected chi connectivity index (χ2v) is 3.29. The van der Waals surface area contributed by atoms with Gasteiger partial charge >= 0.3 is 0 Å². The lowest BCUT2D eigenvalue weighted by Crippen LogP contribution is -1.96. The lowest BCUT2D eigenvalue weighted by molar-refractivity contribution is 0.599. The van der Waals surface area contributed by atoms with Crippen LogP contribution in [0.3, 0.4) is 0 Å². The van der Waals surface area contributed by atoms with Crippen LogP contribution in [0.15, 0.2) is 29.2 Å². The van der Waals surface area contributed by atoms with E-state index in [1.807, 2.05) is 0 Å². The zero-order valence-electron chi connectivity index (χ0n) is 5.50. The van der Waals surface area contributed by atoms with E-state index in [1.165, 1.54) is 24.3 Å². The van der Waals surface area contributed by atoms with E-state index >= 15 is 0 Å². The van der Waals surface area contributed by atoms with Crippen LogP contribution in [-0.2, 0) is 11.2 Å². The highest BCUT2D eigenvalue weighted by atomic mass is 32.2. The molecule has 0 saturated carbocycles. The molecule has 3 heteroatoms. The summed E-state index contributed by atoms with van der Waals surface area (Å²) >= 11 is -1.00. The fourth-order valence-electron chi connectivity index (χ4n) is 0.626. The van der Waals surface area contributed by atoms with Crippen LogP contribution in [0.25, 0.3) is 0 Å². The Kier molecular flexibility index (Phi) is 2.29. The summed E-state index contributed by atoms with van der Waals surface area (Å²) in [6.07, 6.45) is 1.56. The van der Waals surface area contributed by atoms with E-state index in [-0.39, 0.29) is 5.82 Å². The highest BCUT2D eigenvalue weighted by Gasteiger charge is 2.01. The third kappa shape index (κ3) is 1.72. The average Bonchev–Trinajstić information content (AvgIpc) is 1.88. The second-order valence-electron chi connectivity index (χ2n) is 1.91. The molecular weight excluding hydrogens is 151 g/mol. The molecule has 1 aromatic carbocycles.